The average molecular weight is 312 g/mol. The number of hydrogen-bond donors (Lipinski definition) is 1. The summed E-state index contributed by atoms with van der Waals surface area (Å²) in [6, 6.07) is 0.358. The van der Waals surface area contributed by atoms with Crippen LogP contribution in [0.25, 0.3) is 0 Å². The van der Waals surface area contributed by atoms with Crippen LogP contribution in [0.3, 0.4) is 0 Å². The minimum atomic E-state index is -0.512. The Hall–Kier alpha value is -0.810. The largest absolute Gasteiger partial charge is 0.444 e. The lowest BCUT2D eigenvalue weighted by atomic mass is 9.98. The van der Waals surface area contributed by atoms with Crippen LogP contribution in [0.5, 0.6) is 0 Å². The van der Waals surface area contributed by atoms with Crippen molar-refractivity contribution in [3.05, 3.63) is 0 Å². The standard InChI is InChI=1S/C17H32N2O3/c1-5-10-18(13-17(21)8-6-7-9-17)14-11-19(12-14)15(20)22-16(2,3)4/h14,21H,5-13H2,1-4H3. The molecule has 0 atom stereocenters. The third kappa shape index (κ3) is 4.59. The molecule has 5 heteroatoms. The van der Waals surface area contributed by atoms with Gasteiger partial charge in [0.15, 0.2) is 0 Å². The molecule has 1 N–H and O–H groups in total. The molecular formula is C17H32N2O3. The maximum absolute atomic E-state index is 12.0. The van der Waals surface area contributed by atoms with Crippen LogP contribution in [0, 0.1) is 0 Å². The Kier molecular flexibility index (Phi) is 5.38. The van der Waals surface area contributed by atoms with Crippen molar-refractivity contribution in [2.24, 2.45) is 0 Å². The zero-order chi connectivity index (χ0) is 16.4. The quantitative estimate of drug-likeness (QED) is 0.848. The van der Waals surface area contributed by atoms with Gasteiger partial charge in [0.25, 0.3) is 0 Å². The van der Waals surface area contributed by atoms with Gasteiger partial charge < -0.3 is 14.7 Å². The molecule has 0 bridgehead atoms. The van der Waals surface area contributed by atoms with E-state index in [1.165, 1.54) is 0 Å². The molecule has 1 saturated heterocycles. The molecule has 0 unspecified atom stereocenters. The molecule has 1 saturated carbocycles. The van der Waals surface area contributed by atoms with Crippen molar-refractivity contribution < 1.29 is 14.6 Å². The monoisotopic (exact) mass is 312 g/mol. The van der Waals surface area contributed by atoms with Crippen LogP contribution in [0.4, 0.5) is 4.79 Å². The van der Waals surface area contributed by atoms with Crippen molar-refractivity contribution in [2.75, 3.05) is 26.2 Å². The molecule has 22 heavy (non-hydrogen) atoms. The van der Waals surface area contributed by atoms with Gasteiger partial charge in [-0.05, 0) is 46.6 Å². The number of carbonyl (C=O) groups excluding carboxylic acids is 1. The molecule has 128 valence electrons. The Morgan fingerprint density at radius 1 is 1.32 bits per heavy atom. The zero-order valence-electron chi connectivity index (χ0n) is 14.6. The summed E-state index contributed by atoms with van der Waals surface area (Å²) in [5.74, 6) is 0. The van der Waals surface area contributed by atoms with Crippen molar-refractivity contribution in [2.45, 2.75) is 77.0 Å². The second-order valence-corrected chi connectivity index (χ2v) is 7.94. The van der Waals surface area contributed by atoms with Gasteiger partial charge in [0, 0.05) is 25.7 Å². The van der Waals surface area contributed by atoms with Crippen LogP contribution < -0.4 is 0 Å². The highest BCUT2D eigenvalue weighted by Gasteiger charge is 2.40. The molecule has 1 aliphatic carbocycles. The second kappa shape index (κ2) is 6.75. The molecule has 0 radical (unpaired) electrons. The predicted molar refractivity (Wildman–Crippen MR) is 86.9 cm³/mol. The molecule has 5 nitrogen and oxygen atoms in total. The normalized spacial score (nSPS) is 22.0. The van der Waals surface area contributed by atoms with E-state index in [2.05, 4.69) is 11.8 Å². The SMILES string of the molecule is CCCN(CC1(O)CCCC1)C1CN(C(=O)OC(C)(C)C)C1. The Balaban J connectivity index is 1.83. The van der Waals surface area contributed by atoms with Gasteiger partial charge in [-0.25, -0.2) is 4.79 Å². The molecule has 2 rings (SSSR count). The van der Waals surface area contributed by atoms with Gasteiger partial charge in [-0.15, -0.1) is 0 Å². The lowest BCUT2D eigenvalue weighted by molar-refractivity contribution is -0.0456. The van der Waals surface area contributed by atoms with E-state index in [0.29, 0.717) is 19.1 Å². The van der Waals surface area contributed by atoms with Crippen LogP contribution in [0.2, 0.25) is 0 Å². The summed E-state index contributed by atoms with van der Waals surface area (Å²) >= 11 is 0. The average Bonchev–Trinajstić information content (AvgIpc) is 2.71. The van der Waals surface area contributed by atoms with Crippen LogP contribution in [-0.4, -0.2) is 64.4 Å². The lowest BCUT2D eigenvalue weighted by Crippen LogP contribution is -2.63. The van der Waals surface area contributed by atoms with Crippen molar-refractivity contribution in [1.82, 2.24) is 9.80 Å². The van der Waals surface area contributed by atoms with Gasteiger partial charge in [0.1, 0.15) is 5.60 Å². The number of rotatable bonds is 5. The van der Waals surface area contributed by atoms with E-state index in [1.54, 1.807) is 4.90 Å². The van der Waals surface area contributed by atoms with Gasteiger partial charge in [-0.1, -0.05) is 19.8 Å². The molecule has 0 aromatic rings. The topological polar surface area (TPSA) is 53.0 Å². The number of nitrogens with zero attached hydrogens (tertiary/aromatic N) is 2. The van der Waals surface area contributed by atoms with E-state index in [4.69, 9.17) is 4.74 Å². The lowest BCUT2D eigenvalue weighted by Gasteiger charge is -2.47. The number of hydrogen-bond acceptors (Lipinski definition) is 4. The van der Waals surface area contributed by atoms with Crippen LogP contribution in [0.1, 0.15) is 59.8 Å². The Labute approximate surface area is 134 Å². The molecular weight excluding hydrogens is 280 g/mol. The Morgan fingerprint density at radius 3 is 2.41 bits per heavy atom. The summed E-state index contributed by atoms with van der Waals surface area (Å²) in [6.45, 7) is 11.0. The summed E-state index contributed by atoms with van der Waals surface area (Å²) in [4.78, 5) is 16.1. The fourth-order valence-electron chi connectivity index (χ4n) is 3.41. The van der Waals surface area contributed by atoms with E-state index in [9.17, 15) is 9.90 Å². The summed E-state index contributed by atoms with van der Waals surface area (Å²) in [5, 5.41) is 10.6. The first kappa shape index (κ1) is 17.5. The summed E-state index contributed by atoms with van der Waals surface area (Å²) in [5.41, 5.74) is -0.953. The van der Waals surface area contributed by atoms with E-state index < -0.39 is 11.2 Å². The van der Waals surface area contributed by atoms with Gasteiger partial charge in [0.2, 0.25) is 0 Å². The van der Waals surface area contributed by atoms with Crippen LogP contribution >= 0.6 is 0 Å². The first-order chi connectivity index (χ1) is 10.2. The number of aliphatic hydroxyl groups is 1. The van der Waals surface area contributed by atoms with Crippen molar-refractivity contribution in [3.8, 4) is 0 Å². The highest BCUT2D eigenvalue weighted by molar-refractivity contribution is 5.69. The summed E-state index contributed by atoms with van der Waals surface area (Å²) in [7, 11) is 0. The maximum Gasteiger partial charge on any atom is 0.410 e. The molecule has 2 aliphatic rings. The van der Waals surface area contributed by atoms with E-state index in [0.717, 1.165) is 45.2 Å². The van der Waals surface area contributed by atoms with E-state index >= 15 is 0 Å². The van der Waals surface area contributed by atoms with Crippen LogP contribution in [0.15, 0.2) is 0 Å². The Morgan fingerprint density at radius 2 is 1.91 bits per heavy atom. The van der Waals surface area contributed by atoms with Gasteiger partial charge in [0.05, 0.1) is 5.60 Å². The summed E-state index contributed by atoms with van der Waals surface area (Å²) < 4.78 is 5.40. The fraction of sp³-hybridized carbons (Fsp3) is 0.941. The Bertz CT molecular complexity index is 380. The van der Waals surface area contributed by atoms with Crippen molar-refractivity contribution in [1.29, 1.82) is 0 Å². The smallest absolute Gasteiger partial charge is 0.410 e. The van der Waals surface area contributed by atoms with Crippen molar-refractivity contribution in [3.63, 3.8) is 0 Å². The predicted octanol–water partition coefficient (Wildman–Crippen LogP) is 2.62. The molecule has 0 aromatic heterocycles. The fourth-order valence-corrected chi connectivity index (χ4v) is 3.41. The third-order valence-electron chi connectivity index (χ3n) is 4.57. The van der Waals surface area contributed by atoms with Gasteiger partial charge in [-0.2, -0.15) is 0 Å². The number of likely N-dealkylation sites (tertiary alicyclic amines) is 1. The summed E-state index contributed by atoms with van der Waals surface area (Å²) in [6.07, 6.45) is 4.93. The first-order valence-electron chi connectivity index (χ1n) is 8.67. The van der Waals surface area contributed by atoms with E-state index in [1.807, 2.05) is 20.8 Å². The zero-order valence-corrected chi connectivity index (χ0v) is 14.6. The molecule has 0 spiro atoms. The molecule has 1 amide bonds. The number of ether oxygens (including phenoxy) is 1. The highest BCUT2D eigenvalue weighted by atomic mass is 16.6. The van der Waals surface area contributed by atoms with E-state index in [-0.39, 0.29) is 6.09 Å². The van der Waals surface area contributed by atoms with Crippen molar-refractivity contribution >= 4 is 6.09 Å². The highest BCUT2D eigenvalue weighted by Crippen LogP contribution is 2.31. The molecule has 0 aromatic carbocycles. The number of carbonyl (C=O) groups is 1. The van der Waals surface area contributed by atoms with Gasteiger partial charge in [-0.3, -0.25) is 4.90 Å². The minimum Gasteiger partial charge on any atom is -0.444 e. The number of amides is 1. The third-order valence-corrected chi connectivity index (χ3v) is 4.57. The second-order valence-electron chi connectivity index (χ2n) is 7.94. The minimum absolute atomic E-state index is 0.222. The molecule has 1 heterocycles. The molecule has 1 aliphatic heterocycles. The van der Waals surface area contributed by atoms with Gasteiger partial charge >= 0.3 is 6.09 Å². The molecule has 2 fully saturated rings. The maximum atomic E-state index is 12.0. The van der Waals surface area contributed by atoms with Crippen LogP contribution in [-0.2, 0) is 4.74 Å². The first-order valence-corrected chi connectivity index (χ1v) is 8.67.